The van der Waals surface area contributed by atoms with E-state index in [1.54, 1.807) is 11.3 Å². The Kier molecular flexibility index (Phi) is 5.20. The Morgan fingerprint density at radius 1 is 1.23 bits per heavy atom. The van der Waals surface area contributed by atoms with Gasteiger partial charge in [-0.25, -0.2) is 4.98 Å². The molecule has 1 aliphatic rings. The van der Waals surface area contributed by atoms with Gasteiger partial charge in [0.25, 0.3) is 0 Å². The van der Waals surface area contributed by atoms with Gasteiger partial charge in [0.1, 0.15) is 0 Å². The molecule has 0 bridgehead atoms. The van der Waals surface area contributed by atoms with Crippen LogP contribution in [0.5, 0.6) is 0 Å². The monoisotopic (exact) mass is 368 g/mol. The summed E-state index contributed by atoms with van der Waals surface area (Å²) >= 11 is 1.72. The number of rotatable bonds is 6. The highest BCUT2D eigenvalue weighted by atomic mass is 32.1. The number of H-pyrrole nitrogens is 1. The maximum atomic E-state index is 12.2. The number of benzene rings is 1. The zero-order valence-corrected chi connectivity index (χ0v) is 15.6. The predicted molar refractivity (Wildman–Crippen MR) is 107 cm³/mol. The number of piperidine rings is 1. The SMILES string of the molecule is O=C(Cc1c[nH]c2ccccc12)NCCc1csc(N2CCCCC2)n1. The molecule has 3 heterocycles. The molecule has 136 valence electrons. The summed E-state index contributed by atoms with van der Waals surface area (Å²) < 4.78 is 0. The van der Waals surface area contributed by atoms with Crippen molar-refractivity contribution < 1.29 is 4.79 Å². The fraction of sp³-hybridized carbons (Fsp3) is 0.400. The van der Waals surface area contributed by atoms with Gasteiger partial charge in [-0.1, -0.05) is 18.2 Å². The first-order chi connectivity index (χ1) is 12.8. The number of hydrogen-bond acceptors (Lipinski definition) is 4. The summed E-state index contributed by atoms with van der Waals surface area (Å²) in [6, 6.07) is 8.07. The highest BCUT2D eigenvalue weighted by Gasteiger charge is 2.14. The van der Waals surface area contributed by atoms with Crippen LogP contribution < -0.4 is 10.2 Å². The zero-order chi connectivity index (χ0) is 17.8. The summed E-state index contributed by atoms with van der Waals surface area (Å²) in [5, 5.41) is 7.39. The zero-order valence-electron chi connectivity index (χ0n) is 14.8. The standard InChI is InChI=1S/C20H24N4OS/c25-19(12-15-13-22-18-7-3-2-6-17(15)18)21-9-8-16-14-26-20(23-16)24-10-4-1-5-11-24/h2-3,6-7,13-14,22H,1,4-5,8-12H2,(H,21,25). The maximum absolute atomic E-state index is 12.2. The summed E-state index contributed by atoms with van der Waals surface area (Å²) in [6.07, 6.45) is 6.97. The molecule has 4 rings (SSSR count). The molecule has 1 aliphatic heterocycles. The van der Waals surface area contributed by atoms with Crippen molar-refractivity contribution in [2.45, 2.75) is 32.1 Å². The minimum atomic E-state index is 0.0567. The van der Waals surface area contributed by atoms with E-state index in [2.05, 4.69) is 20.6 Å². The van der Waals surface area contributed by atoms with Crippen LogP contribution in [0.1, 0.15) is 30.5 Å². The van der Waals surface area contributed by atoms with Crippen molar-refractivity contribution >= 4 is 33.3 Å². The van der Waals surface area contributed by atoms with Crippen LogP contribution in [0.3, 0.4) is 0 Å². The number of aromatic amines is 1. The van der Waals surface area contributed by atoms with Crippen molar-refractivity contribution in [2.24, 2.45) is 0 Å². The van der Waals surface area contributed by atoms with E-state index < -0.39 is 0 Å². The average Bonchev–Trinajstić information content (AvgIpc) is 3.30. The van der Waals surface area contributed by atoms with Gasteiger partial charge in [-0.2, -0.15) is 0 Å². The van der Waals surface area contributed by atoms with Gasteiger partial charge < -0.3 is 15.2 Å². The van der Waals surface area contributed by atoms with E-state index >= 15 is 0 Å². The van der Waals surface area contributed by atoms with Crippen molar-refractivity contribution in [3.05, 3.63) is 47.1 Å². The first kappa shape index (κ1) is 17.1. The highest BCUT2D eigenvalue weighted by Crippen LogP contribution is 2.24. The van der Waals surface area contributed by atoms with Gasteiger partial charge in [0.2, 0.25) is 5.91 Å². The molecule has 1 amide bonds. The molecule has 1 fully saturated rings. The second kappa shape index (κ2) is 7.91. The molecule has 1 aromatic carbocycles. The molecule has 0 unspecified atom stereocenters. The summed E-state index contributed by atoms with van der Waals surface area (Å²) in [7, 11) is 0. The number of fused-ring (bicyclic) bond motifs is 1. The van der Waals surface area contributed by atoms with E-state index in [-0.39, 0.29) is 5.91 Å². The molecule has 0 aliphatic carbocycles. The van der Waals surface area contributed by atoms with E-state index in [0.717, 1.165) is 46.8 Å². The molecule has 3 aromatic rings. The smallest absolute Gasteiger partial charge is 0.224 e. The van der Waals surface area contributed by atoms with Crippen LogP contribution in [0.25, 0.3) is 10.9 Å². The van der Waals surface area contributed by atoms with Crippen LogP contribution in [0.4, 0.5) is 5.13 Å². The van der Waals surface area contributed by atoms with E-state index in [9.17, 15) is 4.79 Å². The highest BCUT2D eigenvalue weighted by molar-refractivity contribution is 7.13. The van der Waals surface area contributed by atoms with E-state index in [1.807, 2.05) is 30.5 Å². The summed E-state index contributed by atoms with van der Waals surface area (Å²) in [6.45, 7) is 2.87. The third-order valence-electron chi connectivity index (χ3n) is 4.90. The number of anilines is 1. The largest absolute Gasteiger partial charge is 0.361 e. The second-order valence-corrected chi connectivity index (χ2v) is 7.64. The fourth-order valence-corrected chi connectivity index (χ4v) is 4.40. The molecule has 5 nitrogen and oxygen atoms in total. The number of aromatic nitrogens is 2. The Balaban J connectivity index is 1.26. The number of carbonyl (C=O) groups is 1. The van der Waals surface area contributed by atoms with Crippen LogP contribution in [-0.2, 0) is 17.6 Å². The van der Waals surface area contributed by atoms with Crippen molar-refractivity contribution in [3.63, 3.8) is 0 Å². The number of carbonyl (C=O) groups excluding carboxylic acids is 1. The number of thiazole rings is 1. The summed E-state index contributed by atoms with van der Waals surface area (Å²) in [5.41, 5.74) is 3.19. The summed E-state index contributed by atoms with van der Waals surface area (Å²) in [5.74, 6) is 0.0567. The maximum Gasteiger partial charge on any atom is 0.224 e. The lowest BCUT2D eigenvalue weighted by Gasteiger charge is -2.25. The number of nitrogens with zero attached hydrogens (tertiary/aromatic N) is 2. The number of nitrogens with one attached hydrogen (secondary N) is 2. The number of amides is 1. The van der Waals surface area contributed by atoms with Crippen molar-refractivity contribution in [1.82, 2.24) is 15.3 Å². The molecule has 0 spiro atoms. The Bertz CT molecular complexity index is 879. The van der Waals surface area contributed by atoms with Gasteiger partial charge in [-0.05, 0) is 30.9 Å². The lowest BCUT2D eigenvalue weighted by atomic mass is 10.1. The van der Waals surface area contributed by atoms with Crippen LogP contribution in [0.15, 0.2) is 35.8 Å². The molecule has 2 aromatic heterocycles. The summed E-state index contributed by atoms with van der Waals surface area (Å²) in [4.78, 5) is 22.6. The van der Waals surface area contributed by atoms with Gasteiger partial charge in [0.15, 0.2) is 5.13 Å². The Hall–Kier alpha value is -2.34. The topological polar surface area (TPSA) is 61.0 Å². The molecule has 0 radical (unpaired) electrons. The van der Waals surface area contributed by atoms with Gasteiger partial charge in [0, 0.05) is 48.5 Å². The molecule has 26 heavy (non-hydrogen) atoms. The van der Waals surface area contributed by atoms with Crippen LogP contribution in [0.2, 0.25) is 0 Å². The quantitative estimate of drug-likeness (QED) is 0.700. The first-order valence-electron chi connectivity index (χ1n) is 9.30. The molecular formula is C20H24N4OS. The minimum Gasteiger partial charge on any atom is -0.361 e. The lowest BCUT2D eigenvalue weighted by Crippen LogP contribution is -2.29. The Morgan fingerprint density at radius 2 is 2.08 bits per heavy atom. The van der Waals surface area contributed by atoms with E-state index in [4.69, 9.17) is 4.98 Å². The predicted octanol–water partition coefficient (Wildman–Crippen LogP) is 3.52. The number of hydrogen-bond donors (Lipinski definition) is 2. The second-order valence-electron chi connectivity index (χ2n) is 6.81. The molecule has 2 N–H and O–H groups in total. The Morgan fingerprint density at radius 3 is 2.96 bits per heavy atom. The number of para-hydroxylation sites is 1. The minimum absolute atomic E-state index is 0.0567. The van der Waals surface area contributed by atoms with E-state index in [0.29, 0.717) is 13.0 Å². The molecular weight excluding hydrogens is 344 g/mol. The van der Waals surface area contributed by atoms with Crippen molar-refractivity contribution in [1.29, 1.82) is 0 Å². The van der Waals surface area contributed by atoms with Gasteiger partial charge in [-0.3, -0.25) is 4.79 Å². The van der Waals surface area contributed by atoms with Crippen LogP contribution in [-0.4, -0.2) is 35.5 Å². The Labute approximate surface area is 157 Å². The van der Waals surface area contributed by atoms with Crippen molar-refractivity contribution in [2.75, 3.05) is 24.5 Å². The van der Waals surface area contributed by atoms with Gasteiger partial charge in [0.05, 0.1) is 12.1 Å². The molecule has 1 saturated heterocycles. The van der Waals surface area contributed by atoms with Gasteiger partial charge >= 0.3 is 0 Å². The fourth-order valence-electron chi connectivity index (χ4n) is 3.48. The van der Waals surface area contributed by atoms with Crippen LogP contribution >= 0.6 is 11.3 Å². The molecule has 0 atom stereocenters. The third kappa shape index (κ3) is 3.90. The van der Waals surface area contributed by atoms with Crippen LogP contribution in [0, 0.1) is 0 Å². The normalized spacial score (nSPS) is 14.7. The molecule has 6 heteroatoms. The molecule has 0 saturated carbocycles. The van der Waals surface area contributed by atoms with Crippen molar-refractivity contribution in [3.8, 4) is 0 Å². The first-order valence-corrected chi connectivity index (χ1v) is 10.2. The van der Waals surface area contributed by atoms with E-state index in [1.165, 1.54) is 19.3 Å². The lowest BCUT2D eigenvalue weighted by molar-refractivity contribution is -0.120. The van der Waals surface area contributed by atoms with Gasteiger partial charge in [-0.15, -0.1) is 11.3 Å². The third-order valence-corrected chi connectivity index (χ3v) is 5.85. The average molecular weight is 369 g/mol.